The number of anilines is 1. The van der Waals surface area contributed by atoms with E-state index in [1.54, 1.807) is 0 Å². The lowest BCUT2D eigenvalue weighted by atomic mass is 10.2. The van der Waals surface area contributed by atoms with Gasteiger partial charge in [-0.25, -0.2) is 0 Å². The van der Waals surface area contributed by atoms with Crippen molar-refractivity contribution >= 4 is 17.3 Å². The molecule has 0 saturated heterocycles. The van der Waals surface area contributed by atoms with Crippen LogP contribution < -0.4 is 14.8 Å². The minimum absolute atomic E-state index is 0.0326. The molecule has 0 aromatic heterocycles. The summed E-state index contributed by atoms with van der Waals surface area (Å²) in [5.74, 6) is 1.67. The fourth-order valence-electron chi connectivity index (χ4n) is 2.46. The van der Waals surface area contributed by atoms with Crippen LogP contribution in [0.25, 0.3) is 0 Å². The Morgan fingerprint density at radius 1 is 0.846 bits per heavy atom. The first-order chi connectivity index (χ1) is 12.7. The predicted molar refractivity (Wildman–Crippen MR) is 107 cm³/mol. The van der Waals surface area contributed by atoms with Gasteiger partial charge in [-0.3, -0.25) is 0 Å². The van der Waals surface area contributed by atoms with Crippen molar-refractivity contribution in [2.45, 2.75) is 19.6 Å². The molecule has 0 aliphatic carbocycles. The molecular formula is C22H22ClNO2. The summed E-state index contributed by atoms with van der Waals surface area (Å²) in [6.07, 6.45) is 0.0326. The monoisotopic (exact) mass is 367 g/mol. The number of hydrogen-bond acceptors (Lipinski definition) is 3. The Kier molecular flexibility index (Phi) is 6.39. The van der Waals surface area contributed by atoms with Crippen LogP contribution in [-0.4, -0.2) is 12.6 Å². The first-order valence-electron chi connectivity index (χ1n) is 8.62. The van der Waals surface area contributed by atoms with Crippen LogP contribution in [0.1, 0.15) is 12.5 Å². The molecule has 0 aliphatic heterocycles. The Bertz CT molecular complexity index is 789. The van der Waals surface area contributed by atoms with Crippen LogP contribution >= 0.6 is 11.6 Å². The van der Waals surface area contributed by atoms with Crippen LogP contribution in [0, 0.1) is 0 Å². The van der Waals surface area contributed by atoms with E-state index < -0.39 is 0 Å². The van der Waals surface area contributed by atoms with Crippen molar-refractivity contribution in [2.75, 3.05) is 11.9 Å². The Morgan fingerprint density at radius 3 is 2.19 bits per heavy atom. The number of ether oxygens (including phenoxy) is 2. The smallest absolute Gasteiger partial charge is 0.119 e. The van der Waals surface area contributed by atoms with Gasteiger partial charge < -0.3 is 14.8 Å². The van der Waals surface area contributed by atoms with Gasteiger partial charge in [0, 0.05) is 10.7 Å². The SMILES string of the molecule is CC(CNc1ccc(OCc2ccccc2)cc1)Oc1ccc(Cl)cc1. The lowest BCUT2D eigenvalue weighted by Gasteiger charge is -2.16. The number of hydrogen-bond donors (Lipinski definition) is 1. The average Bonchev–Trinajstić information content (AvgIpc) is 2.68. The quantitative estimate of drug-likeness (QED) is 0.546. The molecule has 4 heteroatoms. The Balaban J connectivity index is 1.44. The van der Waals surface area contributed by atoms with Crippen molar-refractivity contribution in [3.05, 3.63) is 89.4 Å². The zero-order valence-corrected chi connectivity index (χ0v) is 15.4. The summed E-state index contributed by atoms with van der Waals surface area (Å²) in [4.78, 5) is 0. The molecule has 0 spiro atoms. The van der Waals surface area contributed by atoms with Crippen molar-refractivity contribution in [3.8, 4) is 11.5 Å². The van der Waals surface area contributed by atoms with Gasteiger partial charge in [0.05, 0.1) is 6.54 Å². The lowest BCUT2D eigenvalue weighted by molar-refractivity contribution is 0.235. The maximum atomic E-state index is 5.88. The average molecular weight is 368 g/mol. The maximum absolute atomic E-state index is 5.88. The number of halogens is 1. The van der Waals surface area contributed by atoms with Gasteiger partial charge in [0.2, 0.25) is 0 Å². The maximum Gasteiger partial charge on any atom is 0.119 e. The van der Waals surface area contributed by atoms with Crippen molar-refractivity contribution < 1.29 is 9.47 Å². The minimum Gasteiger partial charge on any atom is -0.489 e. The molecule has 0 bridgehead atoms. The van der Waals surface area contributed by atoms with Crippen LogP contribution in [0.5, 0.6) is 11.5 Å². The normalized spacial score (nSPS) is 11.6. The Hall–Kier alpha value is -2.65. The van der Waals surface area contributed by atoms with Crippen LogP contribution in [-0.2, 0) is 6.61 Å². The number of rotatable bonds is 8. The topological polar surface area (TPSA) is 30.5 Å². The molecule has 26 heavy (non-hydrogen) atoms. The van der Waals surface area contributed by atoms with E-state index in [1.807, 2.05) is 73.7 Å². The van der Waals surface area contributed by atoms with Gasteiger partial charge in [0.25, 0.3) is 0 Å². The lowest BCUT2D eigenvalue weighted by Crippen LogP contribution is -2.22. The van der Waals surface area contributed by atoms with E-state index >= 15 is 0 Å². The second-order valence-electron chi connectivity index (χ2n) is 6.06. The highest BCUT2D eigenvalue weighted by Crippen LogP contribution is 2.19. The zero-order chi connectivity index (χ0) is 18.2. The third-order valence-electron chi connectivity index (χ3n) is 3.85. The molecule has 3 aromatic rings. The van der Waals surface area contributed by atoms with E-state index in [4.69, 9.17) is 21.1 Å². The summed E-state index contributed by atoms with van der Waals surface area (Å²) in [6, 6.07) is 25.5. The molecule has 1 unspecified atom stereocenters. The molecule has 1 atom stereocenters. The van der Waals surface area contributed by atoms with Gasteiger partial charge in [0.15, 0.2) is 0 Å². The van der Waals surface area contributed by atoms with Gasteiger partial charge in [-0.15, -0.1) is 0 Å². The van der Waals surface area contributed by atoms with E-state index in [0.29, 0.717) is 18.2 Å². The first-order valence-corrected chi connectivity index (χ1v) is 9.00. The van der Waals surface area contributed by atoms with Gasteiger partial charge in [-0.05, 0) is 61.0 Å². The molecule has 134 valence electrons. The highest BCUT2D eigenvalue weighted by atomic mass is 35.5. The van der Waals surface area contributed by atoms with E-state index in [1.165, 1.54) is 0 Å². The minimum atomic E-state index is 0.0326. The van der Waals surface area contributed by atoms with Crippen molar-refractivity contribution in [1.82, 2.24) is 0 Å². The summed E-state index contributed by atoms with van der Waals surface area (Å²) in [5, 5.41) is 4.08. The van der Waals surface area contributed by atoms with Crippen LogP contribution in [0.4, 0.5) is 5.69 Å². The van der Waals surface area contributed by atoms with Crippen LogP contribution in [0.3, 0.4) is 0 Å². The first kappa shape index (κ1) is 18.2. The number of benzene rings is 3. The molecule has 1 N–H and O–H groups in total. The third kappa shape index (κ3) is 5.71. The predicted octanol–water partition coefficient (Wildman–Crippen LogP) is 5.80. The highest BCUT2D eigenvalue weighted by Gasteiger charge is 2.04. The second-order valence-corrected chi connectivity index (χ2v) is 6.50. The van der Waals surface area contributed by atoms with Gasteiger partial charge in [-0.1, -0.05) is 41.9 Å². The standard InChI is InChI=1S/C22H22ClNO2/c1-17(26-22-11-7-19(23)8-12-22)15-24-20-9-13-21(14-10-20)25-16-18-5-3-2-4-6-18/h2-14,17,24H,15-16H2,1H3. The largest absolute Gasteiger partial charge is 0.489 e. The zero-order valence-electron chi connectivity index (χ0n) is 14.7. The van der Waals surface area contributed by atoms with E-state index in [9.17, 15) is 0 Å². The molecule has 0 radical (unpaired) electrons. The molecule has 3 aromatic carbocycles. The fourth-order valence-corrected chi connectivity index (χ4v) is 2.58. The third-order valence-corrected chi connectivity index (χ3v) is 4.10. The Morgan fingerprint density at radius 2 is 1.50 bits per heavy atom. The van der Waals surface area contributed by atoms with E-state index in [2.05, 4.69) is 17.4 Å². The molecule has 0 aliphatic rings. The summed E-state index contributed by atoms with van der Waals surface area (Å²) >= 11 is 5.88. The van der Waals surface area contributed by atoms with Crippen molar-refractivity contribution in [3.63, 3.8) is 0 Å². The van der Waals surface area contributed by atoms with Gasteiger partial charge in [0.1, 0.15) is 24.2 Å². The molecular weight excluding hydrogens is 346 g/mol. The fraction of sp³-hybridized carbons (Fsp3) is 0.182. The highest BCUT2D eigenvalue weighted by molar-refractivity contribution is 6.30. The van der Waals surface area contributed by atoms with Gasteiger partial charge in [-0.2, -0.15) is 0 Å². The number of nitrogens with one attached hydrogen (secondary N) is 1. The Labute approximate surface area is 159 Å². The molecule has 0 amide bonds. The van der Waals surface area contributed by atoms with E-state index in [0.717, 1.165) is 22.7 Å². The second kappa shape index (κ2) is 9.16. The molecule has 0 fully saturated rings. The van der Waals surface area contributed by atoms with Crippen molar-refractivity contribution in [2.24, 2.45) is 0 Å². The molecule has 0 saturated carbocycles. The summed E-state index contributed by atoms with van der Waals surface area (Å²) < 4.78 is 11.7. The summed E-state index contributed by atoms with van der Waals surface area (Å²) in [5.41, 5.74) is 2.19. The van der Waals surface area contributed by atoms with Gasteiger partial charge >= 0.3 is 0 Å². The summed E-state index contributed by atoms with van der Waals surface area (Å²) in [7, 11) is 0. The molecule has 0 heterocycles. The summed E-state index contributed by atoms with van der Waals surface area (Å²) in [6.45, 7) is 3.30. The molecule has 3 nitrogen and oxygen atoms in total. The van der Waals surface area contributed by atoms with E-state index in [-0.39, 0.29) is 6.10 Å². The van der Waals surface area contributed by atoms with Crippen molar-refractivity contribution in [1.29, 1.82) is 0 Å². The van der Waals surface area contributed by atoms with Crippen LogP contribution in [0.15, 0.2) is 78.9 Å². The molecule has 3 rings (SSSR count). The van der Waals surface area contributed by atoms with Crippen LogP contribution in [0.2, 0.25) is 5.02 Å².